The molecule has 0 aromatic carbocycles. The second-order valence-corrected chi connectivity index (χ2v) is 5.30. The monoisotopic (exact) mass is 312 g/mol. The van der Waals surface area contributed by atoms with Crippen LogP contribution in [0.3, 0.4) is 0 Å². The molecule has 2 rings (SSSR count). The zero-order chi connectivity index (χ0) is 16.0. The minimum absolute atomic E-state index is 0. The molecule has 3 N–H and O–H groups in total. The van der Waals surface area contributed by atoms with Gasteiger partial charge < -0.3 is 19.5 Å². The van der Waals surface area contributed by atoms with E-state index in [0.29, 0.717) is 17.1 Å². The number of ether oxygens (including phenoxy) is 1. The smallest absolute Gasteiger partial charge is 0.412 e. The van der Waals surface area contributed by atoms with E-state index in [1.807, 2.05) is 0 Å². The van der Waals surface area contributed by atoms with Crippen molar-refractivity contribution in [2.24, 2.45) is 0 Å². The molecule has 0 saturated carbocycles. The lowest BCUT2D eigenvalue weighted by atomic mass is 10.2. The summed E-state index contributed by atoms with van der Waals surface area (Å²) in [4.78, 5) is 11.3. The van der Waals surface area contributed by atoms with Gasteiger partial charge in [-0.05, 0) is 34.6 Å². The van der Waals surface area contributed by atoms with E-state index >= 15 is 0 Å². The number of carbonyl (C=O) groups is 1. The number of anilines is 2. The molecule has 1 amide bonds. The summed E-state index contributed by atoms with van der Waals surface area (Å²) in [7, 11) is 0. The van der Waals surface area contributed by atoms with Gasteiger partial charge in [-0.3, -0.25) is 5.32 Å². The van der Waals surface area contributed by atoms with E-state index in [-0.39, 0.29) is 7.43 Å². The number of rotatable bonds is 1. The zero-order valence-electron chi connectivity index (χ0n) is 12.8. The van der Waals surface area contributed by atoms with Gasteiger partial charge in [0, 0.05) is 0 Å². The van der Waals surface area contributed by atoms with Crippen LogP contribution >= 0.6 is 0 Å². The number of aryl methyl sites for hydroxylation is 2. The Balaban J connectivity index is 0.000000465. The normalized spacial score (nSPS) is 10.0. The standard InChI is InChI=1S/C9H14N2O3.C4H6N2O.CH4/c1-6-7(5-13-11-6)10-8(12)14-9(2,3)4;1-3-4(5)2-7-6-3;/h5H,1-4H3,(H,10,12);2H,5H2,1H3;1H4. The summed E-state index contributed by atoms with van der Waals surface area (Å²) in [5.41, 5.74) is 7.29. The van der Waals surface area contributed by atoms with Gasteiger partial charge in [-0.1, -0.05) is 17.7 Å². The Labute approximate surface area is 130 Å². The molecule has 2 aromatic rings. The Bertz CT molecular complexity index is 567. The van der Waals surface area contributed by atoms with Crippen LogP contribution in [0.5, 0.6) is 0 Å². The number of nitrogens with one attached hydrogen (secondary N) is 1. The van der Waals surface area contributed by atoms with Crippen molar-refractivity contribution in [2.75, 3.05) is 11.1 Å². The maximum atomic E-state index is 11.3. The van der Waals surface area contributed by atoms with Crippen molar-refractivity contribution < 1.29 is 18.6 Å². The minimum atomic E-state index is -0.510. The Hall–Kier alpha value is -2.51. The highest BCUT2D eigenvalue weighted by Crippen LogP contribution is 2.14. The molecule has 8 heteroatoms. The average molecular weight is 312 g/mol. The van der Waals surface area contributed by atoms with Crippen molar-refractivity contribution in [1.29, 1.82) is 0 Å². The maximum absolute atomic E-state index is 11.3. The molecule has 0 unspecified atom stereocenters. The molecule has 0 aliphatic carbocycles. The zero-order valence-corrected chi connectivity index (χ0v) is 12.8. The summed E-state index contributed by atoms with van der Waals surface area (Å²) in [6, 6.07) is 0. The van der Waals surface area contributed by atoms with Crippen LogP contribution < -0.4 is 11.1 Å². The summed E-state index contributed by atoms with van der Waals surface area (Å²) in [5, 5.41) is 9.67. The van der Waals surface area contributed by atoms with E-state index in [1.54, 1.807) is 34.6 Å². The highest BCUT2D eigenvalue weighted by atomic mass is 16.6. The fourth-order valence-corrected chi connectivity index (χ4v) is 1.13. The van der Waals surface area contributed by atoms with Gasteiger partial charge in [-0.15, -0.1) is 0 Å². The van der Waals surface area contributed by atoms with E-state index in [2.05, 4.69) is 24.7 Å². The third kappa shape index (κ3) is 6.78. The van der Waals surface area contributed by atoms with Crippen molar-refractivity contribution in [1.82, 2.24) is 10.3 Å². The maximum Gasteiger partial charge on any atom is 0.412 e. The van der Waals surface area contributed by atoms with Gasteiger partial charge in [0.1, 0.15) is 35.2 Å². The molecule has 22 heavy (non-hydrogen) atoms. The van der Waals surface area contributed by atoms with E-state index < -0.39 is 11.7 Å². The van der Waals surface area contributed by atoms with Crippen molar-refractivity contribution in [3.8, 4) is 0 Å². The first-order valence-corrected chi connectivity index (χ1v) is 6.26. The number of amides is 1. The lowest BCUT2D eigenvalue weighted by Gasteiger charge is -2.19. The van der Waals surface area contributed by atoms with Crippen LogP contribution in [-0.4, -0.2) is 22.0 Å². The molecule has 0 saturated heterocycles. The summed E-state index contributed by atoms with van der Waals surface area (Å²) in [6.07, 6.45) is 2.26. The Kier molecular flexibility index (Phi) is 7.14. The van der Waals surface area contributed by atoms with E-state index in [0.717, 1.165) is 5.69 Å². The molecule has 2 heterocycles. The molecule has 0 spiro atoms. The lowest BCUT2D eigenvalue weighted by molar-refractivity contribution is 0.0635. The van der Waals surface area contributed by atoms with Crippen molar-refractivity contribution >= 4 is 17.5 Å². The van der Waals surface area contributed by atoms with Crippen LogP contribution in [0, 0.1) is 13.8 Å². The van der Waals surface area contributed by atoms with Gasteiger partial charge in [0.15, 0.2) is 0 Å². The number of nitrogens with zero attached hydrogens (tertiary/aromatic N) is 2. The van der Waals surface area contributed by atoms with Crippen LogP contribution in [0.15, 0.2) is 21.6 Å². The molecule has 0 bridgehead atoms. The topological polar surface area (TPSA) is 116 Å². The Morgan fingerprint density at radius 2 is 1.73 bits per heavy atom. The van der Waals surface area contributed by atoms with Crippen LogP contribution in [0.4, 0.5) is 16.2 Å². The number of hydrogen-bond acceptors (Lipinski definition) is 7. The molecule has 0 atom stereocenters. The predicted molar refractivity (Wildman–Crippen MR) is 83.5 cm³/mol. The first kappa shape index (κ1) is 19.5. The average Bonchev–Trinajstić information content (AvgIpc) is 2.88. The van der Waals surface area contributed by atoms with E-state index in [4.69, 9.17) is 10.5 Å². The molecule has 0 aliphatic heterocycles. The quantitative estimate of drug-likeness (QED) is 0.827. The third-order valence-electron chi connectivity index (χ3n) is 2.17. The van der Waals surface area contributed by atoms with Gasteiger partial charge in [0.2, 0.25) is 0 Å². The number of nitrogens with two attached hydrogens (primary N) is 1. The number of carbonyl (C=O) groups excluding carboxylic acids is 1. The lowest BCUT2D eigenvalue weighted by Crippen LogP contribution is -2.27. The highest BCUT2D eigenvalue weighted by Gasteiger charge is 2.17. The molecule has 0 aliphatic rings. The van der Waals surface area contributed by atoms with Crippen molar-refractivity contribution in [3.63, 3.8) is 0 Å². The first-order chi connectivity index (χ1) is 9.69. The Morgan fingerprint density at radius 3 is 2.05 bits per heavy atom. The van der Waals surface area contributed by atoms with Crippen LogP contribution in [0.1, 0.15) is 39.6 Å². The van der Waals surface area contributed by atoms with Gasteiger partial charge in [0.25, 0.3) is 0 Å². The second-order valence-electron chi connectivity index (χ2n) is 5.30. The van der Waals surface area contributed by atoms with Crippen LogP contribution in [-0.2, 0) is 4.74 Å². The van der Waals surface area contributed by atoms with Crippen LogP contribution in [0.2, 0.25) is 0 Å². The minimum Gasteiger partial charge on any atom is -0.444 e. The molecule has 0 radical (unpaired) electrons. The molecular formula is C14H24N4O4. The molecule has 124 valence electrons. The van der Waals surface area contributed by atoms with Gasteiger partial charge >= 0.3 is 6.09 Å². The Morgan fingerprint density at radius 1 is 1.18 bits per heavy atom. The van der Waals surface area contributed by atoms with Crippen LogP contribution in [0.25, 0.3) is 0 Å². The predicted octanol–water partition coefficient (Wildman–Crippen LogP) is 3.53. The largest absolute Gasteiger partial charge is 0.444 e. The second kappa shape index (κ2) is 8.06. The summed E-state index contributed by atoms with van der Waals surface area (Å²) >= 11 is 0. The van der Waals surface area contributed by atoms with Gasteiger partial charge in [-0.25, -0.2) is 4.79 Å². The molecule has 2 aromatic heterocycles. The van der Waals surface area contributed by atoms with E-state index in [9.17, 15) is 4.79 Å². The van der Waals surface area contributed by atoms with Crippen molar-refractivity contribution in [2.45, 2.75) is 47.6 Å². The first-order valence-electron chi connectivity index (χ1n) is 6.26. The van der Waals surface area contributed by atoms with Gasteiger partial charge in [-0.2, -0.15) is 0 Å². The molecular weight excluding hydrogens is 288 g/mol. The summed E-state index contributed by atoms with van der Waals surface area (Å²) in [6.45, 7) is 8.92. The third-order valence-corrected chi connectivity index (χ3v) is 2.17. The van der Waals surface area contributed by atoms with Crippen molar-refractivity contribution in [3.05, 3.63) is 23.9 Å². The number of nitrogen functional groups attached to an aromatic ring is 1. The highest BCUT2D eigenvalue weighted by molar-refractivity contribution is 5.85. The fraction of sp³-hybridized carbons (Fsp3) is 0.500. The SMILES string of the molecule is C.Cc1nocc1N.Cc1nocc1NC(=O)OC(C)(C)C. The summed E-state index contributed by atoms with van der Waals surface area (Å²) < 4.78 is 14.2. The van der Waals surface area contributed by atoms with Gasteiger partial charge in [0.05, 0.1) is 5.69 Å². The summed E-state index contributed by atoms with van der Waals surface area (Å²) in [5.74, 6) is 0. The molecule has 0 fully saturated rings. The fourth-order valence-electron chi connectivity index (χ4n) is 1.13. The molecule has 8 nitrogen and oxygen atoms in total. The van der Waals surface area contributed by atoms with E-state index in [1.165, 1.54) is 12.5 Å². The number of aromatic nitrogens is 2. The number of hydrogen-bond donors (Lipinski definition) is 2.